The van der Waals surface area contributed by atoms with E-state index in [1.54, 1.807) is 6.08 Å². The number of para-hydroxylation sites is 1. The molecule has 0 fully saturated rings. The molecule has 0 bridgehead atoms. The van der Waals surface area contributed by atoms with Crippen LogP contribution in [0.1, 0.15) is 18.9 Å². The van der Waals surface area contributed by atoms with Crippen LogP contribution in [-0.2, 0) is 0 Å². The Morgan fingerprint density at radius 1 is 1.41 bits per heavy atom. The lowest BCUT2D eigenvalue weighted by Gasteiger charge is -1.98. The molecule has 17 heavy (non-hydrogen) atoms. The largest absolute Gasteiger partial charge is 0.411 e. The molecular weight excluding hydrogens is 212 g/mol. The number of aromatic nitrogens is 1. The average molecular weight is 226 g/mol. The lowest BCUT2D eigenvalue weighted by Crippen LogP contribution is -1.89. The molecule has 0 amide bonds. The molecule has 3 heteroatoms. The van der Waals surface area contributed by atoms with Gasteiger partial charge in [0.2, 0.25) is 0 Å². The molecule has 0 atom stereocenters. The Morgan fingerprint density at radius 3 is 3.00 bits per heavy atom. The maximum absolute atomic E-state index is 8.70. The van der Waals surface area contributed by atoms with E-state index in [0.717, 1.165) is 16.5 Å². The quantitative estimate of drug-likeness (QED) is 0.494. The molecule has 3 nitrogen and oxygen atoms in total. The molecule has 0 aliphatic heterocycles. The van der Waals surface area contributed by atoms with Crippen LogP contribution in [0.2, 0.25) is 0 Å². The second-order valence-corrected chi connectivity index (χ2v) is 3.74. The van der Waals surface area contributed by atoms with Crippen LogP contribution < -0.4 is 0 Å². The standard InChI is InChI=1S/C14H14N2O/c1-2-13(16-17)8-7-11-9-12-5-3-4-6-14(12)15-10-11/h3-10,17H,2H2,1H3/b8-7+,16-13+. The van der Waals surface area contributed by atoms with Gasteiger partial charge in [-0.3, -0.25) is 4.98 Å². The van der Waals surface area contributed by atoms with Crippen molar-refractivity contribution in [2.75, 3.05) is 0 Å². The Morgan fingerprint density at radius 2 is 2.24 bits per heavy atom. The van der Waals surface area contributed by atoms with E-state index in [1.807, 2.05) is 43.5 Å². The predicted molar refractivity (Wildman–Crippen MR) is 70.3 cm³/mol. The number of allylic oxidation sites excluding steroid dienone is 1. The molecular formula is C14H14N2O. The van der Waals surface area contributed by atoms with Gasteiger partial charge in [-0.25, -0.2) is 0 Å². The van der Waals surface area contributed by atoms with Crippen molar-refractivity contribution in [2.24, 2.45) is 5.16 Å². The van der Waals surface area contributed by atoms with E-state index < -0.39 is 0 Å². The summed E-state index contributed by atoms with van der Waals surface area (Å²) in [7, 11) is 0. The fraction of sp³-hybridized carbons (Fsp3) is 0.143. The van der Waals surface area contributed by atoms with Crippen molar-refractivity contribution in [1.82, 2.24) is 4.98 Å². The van der Waals surface area contributed by atoms with Crippen molar-refractivity contribution in [2.45, 2.75) is 13.3 Å². The molecule has 1 heterocycles. The van der Waals surface area contributed by atoms with E-state index in [9.17, 15) is 0 Å². The topological polar surface area (TPSA) is 45.5 Å². The first-order valence-electron chi connectivity index (χ1n) is 5.57. The minimum absolute atomic E-state index is 0.651. The van der Waals surface area contributed by atoms with E-state index in [-0.39, 0.29) is 0 Å². The van der Waals surface area contributed by atoms with Crippen molar-refractivity contribution < 1.29 is 5.21 Å². The number of pyridine rings is 1. The highest BCUT2D eigenvalue weighted by atomic mass is 16.4. The van der Waals surface area contributed by atoms with Gasteiger partial charge in [0.15, 0.2) is 0 Å². The highest BCUT2D eigenvalue weighted by molar-refractivity contribution is 5.97. The van der Waals surface area contributed by atoms with Crippen LogP contribution in [0.3, 0.4) is 0 Å². The summed E-state index contributed by atoms with van der Waals surface area (Å²) in [5.41, 5.74) is 2.63. The fourth-order valence-electron chi connectivity index (χ4n) is 1.59. The molecule has 0 aliphatic carbocycles. The highest BCUT2D eigenvalue weighted by Crippen LogP contribution is 2.13. The van der Waals surface area contributed by atoms with Crippen molar-refractivity contribution >= 4 is 22.7 Å². The van der Waals surface area contributed by atoms with E-state index in [0.29, 0.717) is 12.1 Å². The molecule has 0 spiro atoms. The predicted octanol–water partition coefficient (Wildman–Crippen LogP) is 3.49. The summed E-state index contributed by atoms with van der Waals surface area (Å²) in [5, 5.41) is 13.0. The first kappa shape index (κ1) is 11.3. The second-order valence-electron chi connectivity index (χ2n) is 3.74. The number of fused-ring (bicyclic) bond motifs is 1. The maximum atomic E-state index is 8.70. The van der Waals surface area contributed by atoms with Crippen molar-refractivity contribution in [3.05, 3.63) is 48.2 Å². The minimum atomic E-state index is 0.651. The summed E-state index contributed by atoms with van der Waals surface area (Å²) in [5.74, 6) is 0. The van der Waals surface area contributed by atoms with E-state index in [2.05, 4.69) is 16.2 Å². The normalized spacial score (nSPS) is 12.4. The Balaban J connectivity index is 2.31. The lowest BCUT2D eigenvalue weighted by atomic mass is 10.1. The summed E-state index contributed by atoms with van der Waals surface area (Å²) in [4.78, 5) is 4.36. The zero-order valence-electron chi connectivity index (χ0n) is 9.67. The fourth-order valence-corrected chi connectivity index (χ4v) is 1.59. The van der Waals surface area contributed by atoms with Gasteiger partial charge in [0.1, 0.15) is 0 Å². The third-order valence-electron chi connectivity index (χ3n) is 2.57. The average Bonchev–Trinajstić information content (AvgIpc) is 2.40. The molecule has 2 rings (SSSR count). The van der Waals surface area contributed by atoms with Crippen molar-refractivity contribution in [3.8, 4) is 0 Å². The van der Waals surface area contributed by atoms with Gasteiger partial charge >= 0.3 is 0 Å². The van der Waals surface area contributed by atoms with Crippen molar-refractivity contribution in [1.29, 1.82) is 0 Å². The summed E-state index contributed by atoms with van der Waals surface area (Å²) in [6.45, 7) is 1.94. The summed E-state index contributed by atoms with van der Waals surface area (Å²) in [6, 6.07) is 10.0. The van der Waals surface area contributed by atoms with E-state index >= 15 is 0 Å². The van der Waals surface area contributed by atoms with Crippen LogP contribution >= 0.6 is 0 Å². The second kappa shape index (κ2) is 5.25. The molecule has 0 radical (unpaired) electrons. The zero-order chi connectivity index (χ0) is 12.1. The van der Waals surface area contributed by atoms with Gasteiger partial charge in [0.05, 0.1) is 11.2 Å². The third-order valence-corrected chi connectivity index (χ3v) is 2.57. The number of hydrogen-bond acceptors (Lipinski definition) is 3. The van der Waals surface area contributed by atoms with E-state index in [4.69, 9.17) is 5.21 Å². The van der Waals surface area contributed by atoms with Crippen molar-refractivity contribution in [3.63, 3.8) is 0 Å². The molecule has 86 valence electrons. The smallest absolute Gasteiger partial charge is 0.0793 e. The summed E-state index contributed by atoms with van der Waals surface area (Å²) >= 11 is 0. The number of hydrogen-bond donors (Lipinski definition) is 1. The van der Waals surface area contributed by atoms with Gasteiger partial charge in [-0.15, -0.1) is 0 Å². The Kier molecular flexibility index (Phi) is 3.50. The van der Waals surface area contributed by atoms with Crippen LogP contribution in [0.25, 0.3) is 17.0 Å². The third kappa shape index (κ3) is 2.69. The monoisotopic (exact) mass is 226 g/mol. The van der Waals surface area contributed by atoms with Gasteiger partial charge in [-0.1, -0.05) is 36.4 Å². The summed E-state index contributed by atoms with van der Waals surface area (Å²) < 4.78 is 0. The Hall–Kier alpha value is -2.16. The molecule has 0 saturated heterocycles. The first-order chi connectivity index (χ1) is 8.33. The van der Waals surface area contributed by atoms with Gasteiger partial charge in [0.25, 0.3) is 0 Å². The van der Waals surface area contributed by atoms with Gasteiger partial charge in [0, 0.05) is 11.6 Å². The minimum Gasteiger partial charge on any atom is -0.411 e. The van der Waals surface area contributed by atoms with Crippen LogP contribution in [0.5, 0.6) is 0 Å². The van der Waals surface area contributed by atoms with Crippen LogP contribution in [0.4, 0.5) is 0 Å². The van der Waals surface area contributed by atoms with Gasteiger partial charge < -0.3 is 5.21 Å². The van der Waals surface area contributed by atoms with Crippen LogP contribution in [-0.4, -0.2) is 15.9 Å². The molecule has 1 N–H and O–H groups in total. The SMILES string of the molecule is CCC(/C=C/c1cnc2ccccc2c1)=N\O. The number of oxime groups is 1. The number of nitrogens with zero attached hydrogens (tertiary/aromatic N) is 2. The molecule has 0 aliphatic rings. The first-order valence-corrected chi connectivity index (χ1v) is 5.57. The van der Waals surface area contributed by atoms with Gasteiger partial charge in [-0.2, -0.15) is 0 Å². The highest BCUT2D eigenvalue weighted by Gasteiger charge is 1.95. The number of rotatable bonds is 3. The molecule has 0 unspecified atom stereocenters. The molecule has 1 aromatic carbocycles. The molecule has 0 saturated carbocycles. The summed E-state index contributed by atoms with van der Waals surface area (Å²) in [6.07, 6.45) is 6.21. The van der Waals surface area contributed by atoms with Crippen LogP contribution in [0.15, 0.2) is 47.8 Å². The number of benzene rings is 1. The molecule has 1 aromatic heterocycles. The molecule has 2 aromatic rings. The van der Waals surface area contributed by atoms with Crippen LogP contribution in [0, 0.1) is 0 Å². The lowest BCUT2D eigenvalue weighted by molar-refractivity contribution is 0.318. The van der Waals surface area contributed by atoms with Gasteiger partial charge in [-0.05, 0) is 30.2 Å². The Labute approximate surface area is 100 Å². The van der Waals surface area contributed by atoms with E-state index in [1.165, 1.54) is 0 Å². The Bertz CT molecular complexity index is 573. The zero-order valence-corrected chi connectivity index (χ0v) is 9.67. The maximum Gasteiger partial charge on any atom is 0.0793 e.